The molecule has 7 nitrogen and oxygen atoms in total. The lowest BCUT2D eigenvalue weighted by molar-refractivity contribution is -0.144. The van der Waals surface area contributed by atoms with Crippen LogP contribution in [0.5, 0.6) is 11.5 Å². The van der Waals surface area contributed by atoms with E-state index in [1.807, 2.05) is 0 Å². The fourth-order valence-corrected chi connectivity index (χ4v) is 2.43. The monoisotopic (exact) mass is 323 g/mol. The fraction of sp³-hybridized carbons (Fsp3) is 0.214. The zero-order valence-electron chi connectivity index (χ0n) is 11.8. The van der Waals surface area contributed by atoms with Crippen molar-refractivity contribution >= 4 is 35.0 Å². The molecule has 116 valence electrons. The largest absolute Gasteiger partial charge is 0.492 e. The Morgan fingerprint density at radius 2 is 2.14 bits per heavy atom. The van der Waals surface area contributed by atoms with Crippen molar-refractivity contribution in [3.8, 4) is 11.5 Å². The van der Waals surface area contributed by atoms with Crippen molar-refractivity contribution in [2.45, 2.75) is 13.0 Å². The summed E-state index contributed by atoms with van der Waals surface area (Å²) in [7, 11) is 1.41. The van der Waals surface area contributed by atoms with Crippen molar-refractivity contribution < 1.29 is 29.0 Å². The summed E-state index contributed by atoms with van der Waals surface area (Å²) < 4.78 is 10.6. The lowest BCUT2D eigenvalue weighted by atomic mass is 10.1. The molecular weight excluding hydrogens is 310 g/mol. The molecule has 1 aliphatic rings. The lowest BCUT2D eigenvalue weighted by Crippen LogP contribution is -2.23. The number of benzene rings is 1. The van der Waals surface area contributed by atoms with Crippen LogP contribution in [0.3, 0.4) is 0 Å². The van der Waals surface area contributed by atoms with Crippen molar-refractivity contribution in [2.75, 3.05) is 7.11 Å². The first-order chi connectivity index (χ1) is 10.4. The summed E-state index contributed by atoms with van der Waals surface area (Å²) in [6.07, 6.45) is 0.435. The predicted molar refractivity (Wildman–Crippen MR) is 79.8 cm³/mol. The van der Waals surface area contributed by atoms with Gasteiger partial charge in [-0.1, -0.05) is 12.1 Å². The second-order valence-corrected chi connectivity index (χ2v) is 5.34. The molecule has 1 saturated heterocycles. The molecule has 1 heterocycles. The van der Waals surface area contributed by atoms with Gasteiger partial charge in [0.15, 0.2) is 17.6 Å². The number of ether oxygens (including phenoxy) is 2. The molecule has 1 aromatic rings. The van der Waals surface area contributed by atoms with E-state index in [1.54, 1.807) is 18.2 Å². The SMILES string of the molecule is COc1c(C=C2SC(=O)NC2=O)cccc1OC(C)C(=O)O. The minimum Gasteiger partial charge on any atom is -0.492 e. The quantitative estimate of drug-likeness (QED) is 0.797. The van der Waals surface area contributed by atoms with Crippen molar-refractivity contribution in [1.82, 2.24) is 5.32 Å². The Balaban J connectivity index is 2.37. The topological polar surface area (TPSA) is 102 Å². The Hall–Kier alpha value is -2.48. The van der Waals surface area contributed by atoms with Crippen molar-refractivity contribution in [2.24, 2.45) is 0 Å². The molecule has 1 aromatic carbocycles. The van der Waals surface area contributed by atoms with Crippen LogP contribution in [0.15, 0.2) is 23.1 Å². The maximum absolute atomic E-state index is 11.6. The normalized spacial score (nSPS) is 17.3. The Bertz CT molecular complexity index is 669. The first-order valence-electron chi connectivity index (χ1n) is 6.23. The summed E-state index contributed by atoms with van der Waals surface area (Å²) in [6.45, 7) is 1.39. The van der Waals surface area contributed by atoms with Gasteiger partial charge < -0.3 is 14.6 Å². The fourth-order valence-electron chi connectivity index (χ4n) is 1.76. The van der Waals surface area contributed by atoms with Crippen LogP contribution in [-0.2, 0) is 9.59 Å². The number of thioether (sulfide) groups is 1. The number of rotatable bonds is 5. The van der Waals surface area contributed by atoms with Gasteiger partial charge in [-0.3, -0.25) is 14.9 Å². The molecule has 1 aliphatic heterocycles. The van der Waals surface area contributed by atoms with E-state index >= 15 is 0 Å². The first-order valence-corrected chi connectivity index (χ1v) is 7.05. The van der Waals surface area contributed by atoms with Crippen LogP contribution in [-0.4, -0.2) is 35.4 Å². The van der Waals surface area contributed by atoms with Gasteiger partial charge in [-0.15, -0.1) is 0 Å². The predicted octanol–water partition coefficient (Wildman–Crippen LogP) is 1.87. The zero-order valence-corrected chi connectivity index (χ0v) is 12.6. The van der Waals surface area contributed by atoms with E-state index in [4.69, 9.17) is 14.6 Å². The molecule has 2 N–H and O–H groups in total. The van der Waals surface area contributed by atoms with Gasteiger partial charge in [0.2, 0.25) is 0 Å². The molecule has 2 amide bonds. The Labute approximate surface area is 130 Å². The highest BCUT2D eigenvalue weighted by Gasteiger charge is 2.26. The van der Waals surface area contributed by atoms with Gasteiger partial charge in [0, 0.05) is 5.56 Å². The highest BCUT2D eigenvalue weighted by atomic mass is 32.2. The van der Waals surface area contributed by atoms with Gasteiger partial charge in [-0.05, 0) is 30.8 Å². The van der Waals surface area contributed by atoms with Crippen molar-refractivity contribution in [1.29, 1.82) is 0 Å². The van der Waals surface area contributed by atoms with E-state index in [0.29, 0.717) is 5.56 Å². The molecule has 0 saturated carbocycles. The van der Waals surface area contributed by atoms with E-state index in [9.17, 15) is 14.4 Å². The Kier molecular flexibility index (Phi) is 4.71. The van der Waals surface area contributed by atoms with Gasteiger partial charge in [-0.2, -0.15) is 0 Å². The van der Waals surface area contributed by atoms with Gasteiger partial charge in [-0.25, -0.2) is 4.79 Å². The third-order valence-corrected chi connectivity index (χ3v) is 3.60. The van der Waals surface area contributed by atoms with Crippen LogP contribution in [0.2, 0.25) is 0 Å². The molecule has 22 heavy (non-hydrogen) atoms. The molecule has 0 bridgehead atoms. The van der Waals surface area contributed by atoms with Crippen LogP contribution in [0, 0.1) is 0 Å². The number of carbonyl (C=O) groups excluding carboxylic acids is 2. The molecule has 0 aliphatic carbocycles. The molecule has 0 spiro atoms. The highest BCUT2D eigenvalue weighted by Crippen LogP contribution is 2.35. The molecule has 1 atom stereocenters. The number of amides is 2. The summed E-state index contributed by atoms with van der Waals surface area (Å²) in [6, 6.07) is 4.87. The van der Waals surface area contributed by atoms with Crippen LogP contribution in [0.1, 0.15) is 12.5 Å². The number of imide groups is 1. The minimum absolute atomic E-state index is 0.228. The number of carboxylic acids is 1. The van der Waals surface area contributed by atoms with Crippen LogP contribution < -0.4 is 14.8 Å². The second-order valence-electron chi connectivity index (χ2n) is 4.33. The van der Waals surface area contributed by atoms with E-state index in [2.05, 4.69) is 5.32 Å². The molecule has 1 fully saturated rings. The van der Waals surface area contributed by atoms with Gasteiger partial charge in [0.1, 0.15) is 0 Å². The summed E-state index contributed by atoms with van der Waals surface area (Å²) in [5, 5.41) is 10.6. The third kappa shape index (κ3) is 3.40. The molecule has 0 radical (unpaired) electrons. The summed E-state index contributed by atoms with van der Waals surface area (Å²) in [5.74, 6) is -1.07. The maximum atomic E-state index is 11.6. The van der Waals surface area contributed by atoms with Gasteiger partial charge in [0.05, 0.1) is 12.0 Å². The standard InChI is InChI=1S/C14H13NO6S/c1-7(13(17)18)21-9-5-3-4-8(11(9)20-2)6-10-12(16)15-14(19)22-10/h3-7H,1-2H3,(H,17,18)(H,15,16,19). The summed E-state index contributed by atoms with van der Waals surface area (Å²) in [4.78, 5) is 33.8. The van der Waals surface area contributed by atoms with E-state index in [0.717, 1.165) is 11.8 Å². The number of hydrogen-bond donors (Lipinski definition) is 2. The molecule has 8 heteroatoms. The number of carboxylic acid groups (broad SMARTS) is 1. The van der Waals surface area contributed by atoms with E-state index in [-0.39, 0.29) is 16.4 Å². The molecular formula is C14H13NO6S. The second kappa shape index (κ2) is 6.52. The lowest BCUT2D eigenvalue weighted by Gasteiger charge is -2.15. The smallest absolute Gasteiger partial charge is 0.344 e. The highest BCUT2D eigenvalue weighted by molar-refractivity contribution is 8.18. The number of aliphatic carboxylic acids is 1. The number of methoxy groups -OCH3 is 1. The third-order valence-electron chi connectivity index (χ3n) is 2.79. The number of carbonyl (C=O) groups is 3. The van der Waals surface area contributed by atoms with E-state index < -0.39 is 23.2 Å². The molecule has 1 unspecified atom stereocenters. The van der Waals surface area contributed by atoms with Crippen molar-refractivity contribution in [3.63, 3.8) is 0 Å². The van der Waals surface area contributed by atoms with Crippen LogP contribution in [0.4, 0.5) is 4.79 Å². The molecule has 2 rings (SSSR count). The van der Waals surface area contributed by atoms with E-state index in [1.165, 1.54) is 20.1 Å². The Morgan fingerprint density at radius 1 is 1.41 bits per heavy atom. The average molecular weight is 323 g/mol. The maximum Gasteiger partial charge on any atom is 0.344 e. The van der Waals surface area contributed by atoms with Crippen molar-refractivity contribution in [3.05, 3.63) is 28.7 Å². The molecule has 0 aromatic heterocycles. The zero-order chi connectivity index (χ0) is 16.3. The average Bonchev–Trinajstić information content (AvgIpc) is 2.77. The van der Waals surface area contributed by atoms with Crippen LogP contribution in [0.25, 0.3) is 6.08 Å². The summed E-state index contributed by atoms with van der Waals surface area (Å²) in [5.41, 5.74) is 0.505. The first kappa shape index (κ1) is 15.9. The van der Waals surface area contributed by atoms with Crippen LogP contribution >= 0.6 is 11.8 Å². The number of nitrogens with one attached hydrogen (secondary N) is 1. The summed E-state index contributed by atoms with van der Waals surface area (Å²) >= 11 is 0.783. The van der Waals surface area contributed by atoms with Gasteiger partial charge in [0.25, 0.3) is 11.1 Å². The Morgan fingerprint density at radius 3 is 2.68 bits per heavy atom. The number of para-hydroxylation sites is 1. The minimum atomic E-state index is -1.11. The van der Waals surface area contributed by atoms with Gasteiger partial charge >= 0.3 is 5.97 Å². The number of hydrogen-bond acceptors (Lipinski definition) is 6.